The normalized spacial score (nSPS) is 9.55. The predicted octanol–water partition coefficient (Wildman–Crippen LogP) is 3.00. The Kier molecular flexibility index (Phi) is 2.85. The fourth-order valence-corrected chi connectivity index (χ4v) is 1.73. The molecule has 0 saturated carbocycles. The van der Waals surface area contributed by atoms with Gasteiger partial charge in [-0.1, -0.05) is 18.2 Å². The van der Waals surface area contributed by atoms with Gasteiger partial charge in [-0.3, -0.25) is 0 Å². The number of hydrogen-bond donors (Lipinski definition) is 0. The van der Waals surface area contributed by atoms with E-state index in [1.165, 1.54) is 11.3 Å². The zero-order valence-electron chi connectivity index (χ0n) is 5.84. The molecule has 0 N–H and O–H groups in total. The second-order valence-electron chi connectivity index (χ2n) is 2.08. The third-order valence-corrected chi connectivity index (χ3v) is 2.58. The van der Waals surface area contributed by atoms with Crippen molar-refractivity contribution < 1.29 is 4.79 Å². The van der Waals surface area contributed by atoms with Crippen molar-refractivity contribution in [2.24, 2.45) is 0 Å². The Morgan fingerprint density at radius 3 is 2.91 bits per heavy atom. The molecule has 0 bridgehead atoms. The number of hydrogen-bond acceptors (Lipinski definition) is 2. The van der Waals surface area contributed by atoms with Gasteiger partial charge in [0.05, 0.1) is 4.34 Å². The molecule has 11 heavy (non-hydrogen) atoms. The third kappa shape index (κ3) is 2.17. The van der Waals surface area contributed by atoms with Crippen LogP contribution in [0.4, 0.5) is 0 Å². The Morgan fingerprint density at radius 2 is 2.45 bits per heavy atom. The minimum absolute atomic E-state index is 0.386. The van der Waals surface area contributed by atoms with E-state index in [1.807, 2.05) is 6.07 Å². The molecule has 0 aliphatic heterocycles. The van der Waals surface area contributed by atoms with Gasteiger partial charge in [-0.05, 0) is 17.7 Å². The van der Waals surface area contributed by atoms with Crippen molar-refractivity contribution >= 4 is 34.8 Å². The van der Waals surface area contributed by atoms with Crippen LogP contribution in [0, 0.1) is 0 Å². The lowest BCUT2D eigenvalue weighted by molar-refractivity contribution is -0.107. The summed E-state index contributed by atoms with van der Waals surface area (Å²) in [6, 6.07) is 3.68. The molecule has 0 radical (unpaired) electrons. The van der Waals surface area contributed by atoms with Crippen LogP contribution in [-0.4, -0.2) is 6.29 Å². The monoisotopic (exact) mass is 186 g/mol. The number of thiophene rings is 1. The summed E-state index contributed by atoms with van der Waals surface area (Å²) in [6.45, 7) is 3.75. The number of carbonyl (C=O) groups excluding carboxylic acids is 1. The quantitative estimate of drug-likeness (QED) is 0.664. The SMILES string of the molecule is C=C(CC=O)c1ccc(Cl)s1. The minimum atomic E-state index is 0.386. The van der Waals surface area contributed by atoms with Gasteiger partial charge in [-0.15, -0.1) is 11.3 Å². The molecule has 1 rings (SSSR count). The molecule has 3 heteroatoms. The molecule has 1 aromatic rings. The lowest BCUT2D eigenvalue weighted by Crippen LogP contribution is -1.77. The first-order valence-corrected chi connectivity index (χ1v) is 4.30. The van der Waals surface area contributed by atoms with Gasteiger partial charge in [0.15, 0.2) is 0 Å². The van der Waals surface area contributed by atoms with Gasteiger partial charge in [-0.25, -0.2) is 0 Å². The van der Waals surface area contributed by atoms with Crippen LogP contribution >= 0.6 is 22.9 Å². The highest BCUT2D eigenvalue weighted by Crippen LogP contribution is 2.27. The first-order chi connectivity index (χ1) is 5.24. The maximum Gasteiger partial charge on any atom is 0.124 e. The van der Waals surface area contributed by atoms with E-state index < -0.39 is 0 Å². The number of rotatable bonds is 3. The number of halogens is 1. The van der Waals surface area contributed by atoms with Crippen molar-refractivity contribution in [3.05, 3.63) is 27.9 Å². The standard InChI is InChI=1S/C8H7ClOS/c1-6(4-5-10)7-2-3-8(9)11-7/h2-3,5H,1,4H2. The molecule has 1 nitrogen and oxygen atoms in total. The fraction of sp³-hybridized carbons (Fsp3) is 0.125. The van der Waals surface area contributed by atoms with E-state index in [4.69, 9.17) is 11.6 Å². The summed E-state index contributed by atoms with van der Waals surface area (Å²) in [5.41, 5.74) is 0.830. The molecule has 0 aromatic carbocycles. The van der Waals surface area contributed by atoms with Gasteiger partial charge in [-0.2, -0.15) is 0 Å². The lowest BCUT2D eigenvalue weighted by Gasteiger charge is -1.93. The Morgan fingerprint density at radius 1 is 1.73 bits per heavy atom. The highest BCUT2D eigenvalue weighted by atomic mass is 35.5. The van der Waals surface area contributed by atoms with E-state index in [-0.39, 0.29) is 0 Å². The van der Waals surface area contributed by atoms with Gasteiger partial charge < -0.3 is 4.79 Å². The Balaban J connectivity index is 2.76. The number of carbonyl (C=O) groups is 1. The summed E-state index contributed by atoms with van der Waals surface area (Å²) in [5.74, 6) is 0. The summed E-state index contributed by atoms with van der Waals surface area (Å²) in [7, 11) is 0. The molecular formula is C8H7ClOS. The van der Waals surface area contributed by atoms with Gasteiger partial charge in [0, 0.05) is 11.3 Å². The molecule has 1 aromatic heterocycles. The molecule has 58 valence electrons. The third-order valence-electron chi connectivity index (χ3n) is 1.25. The van der Waals surface area contributed by atoms with Crippen molar-refractivity contribution in [2.45, 2.75) is 6.42 Å². The Hall–Kier alpha value is -0.600. The van der Waals surface area contributed by atoms with Gasteiger partial charge >= 0.3 is 0 Å². The van der Waals surface area contributed by atoms with Crippen LogP contribution in [-0.2, 0) is 4.79 Å². The fourth-order valence-electron chi connectivity index (χ4n) is 0.705. The summed E-state index contributed by atoms with van der Waals surface area (Å²) < 4.78 is 0.729. The first kappa shape index (κ1) is 8.50. The molecular weight excluding hydrogens is 180 g/mol. The Labute approximate surface area is 74.3 Å². The topological polar surface area (TPSA) is 17.1 Å². The molecule has 0 spiro atoms. The van der Waals surface area contributed by atoms with Crippen molar-refractivity contribution in [3.63, 3.8) is 0 Å². The van der Waals surface area contributed by atoms with E-state index in [0.717, 1.165) is 21.1 Å². The van der Waals surface area contributed by atoms with Crippen molar-refractivity contribution in [3.8, 4) is 0 Å². The molecule has 0 fully saturated rings. The molecule has 0 saturated heterocycles. The molecule has 0 amide bonds. The summed E-state index contributed by atoms with van der Waals surface area (Å²) >= 11 is 7.14. The van der Waals surface area contributed by atoms with E-state index >= 15 is 0 Å². The highest BCUT2D eigenvalue weighted by Gasteiger charge is 2.00. The van der Waals surface area contributed by atoms with Crippen molar-refractivity contribution in [1.29, 1.82) is 0 Å². The largest absolute Gasteiger partial charge is 0.303 e. The van der Waals surface area contributed by atoms with Crippen LogP contribution in [0.2, 0.25) is 4.34 Å². The number of aldehydes is 1. The van der Waals surface area contributed by atoms with E-state index in [2.05, 4.69) is 6.58 Å². The zero-order valence-corrected chi connectivity index (χ0v) is 7.41. The number of allylic oxidation sites excluding steroid dienone is 1. The molecule has 1 heterocycles. The van der Waals surface area contributed by atoms with Crippen molar-refractivity contribution in [2.75, 3.05) is 0 Å². The zero-order chi connectivity index (χ0) is 8.27. The van der Waals surface area contributed by atoms with Crippen LogP contribution < -0.4 is 0 Å². The van der Waals surface area contributed by atoms with E-state index in [0.29, 0.717) is 6.42 Å². The van der Waals surface area contributed by atoms with Crippen LogP contribution in [0.15, 0.2) is 18.7 Å². The first-order valence-electron chi connectivity index (χ1n) is 3.11. The summed E-state index contributed by atoms with van der Waals surface area (Å²) in [6.07, 6.45) is 1.23. The van der Waals surface area contributed by atoms with E-state index in [1.54, 1.807) is 6.07 Å². The van der Waals surface area contributed by atoms with Crippen molar-refractivity contribution in [1.82, 2.24) is 0 Å². The maximum absolute atomic E-state index is 10.1. The highest BCUT2D eigenvalue weighted by molar-refractivity contribution is 7.17. The maximum atomic E-state index is 10.1. The van der Waals surface area contributed by atoms with Crippen LogP contribution in [0.1, 0.15) is 11.3 Å². The smallest absolute Gasteiger partial charge is 0.124 e. The Bertz CT molecular complexity index is 277. The van der Waals surface area contributed by atoms with E-state index in [9.17, 15) is 4.79 Å². The van der Waals surface area contributed by atoms with Gasteiger partial charge in [0.25, 0.3) is 0 Å². The minimum Gasteiger partial charge on any atom is -0.303 e. The van der Waals surface area contributed by atoms with Gasteiger partial charge in [0.1, 0.15) is 6.29 Å². The molecule has 0 aliphatic carbocycles. The molecule has 0 aliphatic rings. The predicted molar refractivity (Wildman–Crippen MR) is 49.0 cm³/mol. The van der Waals surface area contributed by atoms with Crippen LogP contribution in [0.5, 0.6) is 0 Å². The van der Waals surface area contributed by atoms with Crippen LogP contribution in [0.25, 0.3) is 5.57 Å². The second kappa shape index (κ2) is 3.69. The van der Waals surface area contributed by atoms with Crippen LogP contribution in [0.3, 0.4) is 0 Å². The van der Waals surface area contributed by atoms with Gasteiger partial charge in [0.2, 0.25) is 0 Å². The average molecular weight is 187 g/mol. The lowest BCUT2D eigenvalue weighted by atomic mass is 10.2. The summed E-state index contributed by atoms with van der Waals surface area (Å²) in [5, 5.41) is 0. The second-order valence-corrected chi connectivity index (χ2v) is 3.79. The molecule has 0 unspecified atom stereocenters. The average Bonchev–Trinajstić information content (AvgIpc) is 2.36. The molecule has 0 atom stereocenters. The summed E-state index contributed by atoms with van der Waals surface area (Å²) in [4.78, 5) is 11.1.